The smallest absolute Gasteiger partial charge is 0.264 e. The van der Waals surface area contributed by atoms with Gasteiger partial charge in [0.15, 0.2) is 0 Å². The number of benzene rings is 1. The van der Waals surface area contributed by atoms with Crippen molar-refractivity contribution in [2.75, 3.05) is 19.6 Å². The maximum absolute atomic E-state index is 13.1. The zero-order valence-electron chi connectivity index (χ0n) is 16.3. The Morgan fingerprint density at radius 1 is 0.931 bits per heavy atom. The summed E-state index contributed by atoms with van der Waals surface area (Å²) >= 11 is 1.41. The topological polar surface area (TPSA) is 69.7 Å². The molecule has 2 aliphatic rings. The van der Waals surface area contributed by atoms with Crippen LogP contribution in [0.5, 0.6) is 0 Å². The maximum atomic E-state index is 13.1. The second-order valence-corrected chi connectivity index (χ2v) is 8.52. The number of hydrogen-bond acceptors (Lipinski definition) is 4. The van der Waals surface area contributed by atoms with E-state index in [-0.39, 0.29) is 29.8 Å². The van der Waals surface area contributed by atoms with Gasteiger partial charge in [-0.3, -0.25) is 14.4 Å². The van der Waals surface area contributed by atoms with Crippen LogP contribution < -0.4 is 5.32 Å². The van der Waals surface area contributed by atoms with Crippen molar-refractivity contribution in [3.8, 4) is 0 Å². The lowest BCUT2D eigenvalue weighted by Crippen LogP contribution is -2.52. The molecule has 2 aromatic rings. The van der Waals surface area contributed by atoms with Crippen molar-refractivity contribution < 1.29 is 14.4 Å². The van der Waals surface area contributed by atoms with Crippen molar-refractivity contribution >= 4 is 29.1 Å². The molecule has 1 unspecified atom stereocenters. The van der Waals surface area contributed by atoms with E-state index in [9.17, 15) is 14.4 Å². The Kier molecular flexibility index (Phi) is 5.94. The highest BCUT2D eigenvalue weighted by Crippen LogP contribution is 2.25. The standard InChI is InChI=1S/C22H25N3O3S/c26-20(16-6-2-1-3-7-16)23-17-10-13-24(14-11-17)21(27)18-8-4-12-25(18)22(28)19-9-5-15-29-19/h1-3,5-7,9,15,17-18H,4,8,10-14H2,(H,23,26). The molecule has 29 heavy (non-hydrogen) atoms. The lowest BCUT2D eigenvalue weighted by atomic mass is 10.0. The molecule has 1 atom stereocenters. The normalized spacial score (nSPS) is 19.9. The molecule has 3 amide bonds. The van der Waals surface area contributed by atoms with E-state index >= 15 is 0 Å². The van der Waals surface area contributed by atoms with E-state index < -0.39 is 0 Å². The largest absolute Gasteiger partial charge is 0.349 e. The quantitative estimate of drug-likeness (QED) is 0.841. The number of nitrogens with zero attached hydrogens (tertiary/aromatic N) is 2. The van der Waals surface area contributed by atoms with Crippen LogP contribution in [0.25, 0.3) is 0 Å². The molecule has 6 nitrogen and oxygen atoms in total. The lowest BCUT2D eigenvalue weighted by molar-refractivity contribution is -0.136. The number of amides is 3. The van der Waals surface area contributed by atoms with Crippen molar-refractivity contribution in [1.82, 2.24) is 15.1 Å². The molecule has 7 heteroatoms. The van der Waals surface area contributed by atoms with E-state index in [0.29, 0.717) is 30.1 Å². The van der Waals surface area contributed by atoms with Gasteiger partial charge in [-0.2, -0.15) is 0 Å². The van der Waals surface area contributed by atoms with E-state index in [1.165, 1.54) is 11.3 Å². The Hall–Kier alpha value is -2.67. The Bertz CT molecular complexity index is 861. The number of hydrogen-bond donors (Lipinski definition) is 1. The van der Waals surface area contributed by atoms with Gasteiger partial charge in [-0.1, -0.05) is 24.3 Å². The maximum Gasteiger partial charge on any atom is 0.264 e. The second kappa shape index (κ2) is 8.78. The van der Waals surface area contributed by atoms with Gasteiger partial charge in [-0.25, -0.2) is 0 Å². The first-order valence-electron chi connectivity index (χ1n) is 10.1. The van der Waals surface area contributed by atoms with Crippen LogP contribution in [0.15, 0.2) is 47.8 Å². The molecule has 1 aromatic carbocycles. The molecule has 2 saturated heterocycles. The van der Waals surface area contributed by atoms with Gasteiger partial charge < -0.3 is 15.1 Å². The lowest BCUT2D eigenvalue weighted by Gasteiger charge is -2.35. The Labute approximate surface area is 174 Å². The fraction of sp³-hybridized carbons (Fsp3) is 0.409. The average Bonchev–Trinajstić information content (AvgIpc) is 3.46. The molecule has 3 heterocycles. The number of thiophene rings is 1. The summed E-state index contributed by atoms with van der Waals surface area (Å²) in [5.74, 6) is -0.0695. The van der Waals surface area contributed by atoms with Gasteiger partial charge in [-0.05, 0) is 49.3 Å². The minimum absolute atomic E-state index is 0.0409. The van der Waals surface area contributed by atoms with Crippen LogP contribution in [-0.2, 0) is 4.79 Å². The molecule has 152 valence electrons. The number of rotatable bonds is 4. The first-order valence-corrected chi connectivity index (χ1v) is 11.0. The molecule has 0 aliphatic carbocycles. The first-order chi connectivity index (χ1) is 14.1. The SMILES string of the molecule is O=C(NC1CCN(C(=O)C2CCCN2C(=O)c2cccs2)CC1)c1ccccc1. The van der Waals surface area contributed by atoms with Crippen LogP contribution in [-0.4, -0.2) is 59.2 Å². The van der Waals surface area contributed by atoms with Gasteiger partial charge in [0.1, 0.15) is 6.04 Å². The summed E-state index contributed by atoms with van der Waals surface area (Å²) < 4.78 is 0. The highest BCUT2D eigenvalue weighted by atomic mass is 32.1. The molecule has 0 saturated carbocycles. The van der Waals surface area contributed by atoms with Crippen molar-refractivity contribution in [1.29, 1.82) is 0 Å². The Morgan fingerprint density at radius 3 is 2.38 bits per heavy atom. The number of piperidine rings is 1. The highest BCUT2D eigenvalue weighted by molar-refractivity contribution is 7.12. The Morgan fingerprint density at radius 2 is 1.69 bits per heavy atom. The number of carbonyl (C=O) groups excluding carboxylic acids is 3. The van der Waals surface area contributed by atoms with Crippen LogP contribution >= 0.6 is 11.3 Å². The molecular formula is C22H25N3O3S. The third-order valence-electron chi connectivity index (χ3n) is 5.71. The summed E-state index contributed by atoms with van der Waals surface area (Å²) in [6, 6.07) is 12.6. The molecule has 2 fully saturated rings. The number of carbonyl (C=O) groups is 3. The fourth-order valence-corrected chi connectivity index (χ4v) is 4.80. The molecule has 0 bridgehead atoms. The van der Waals surface area contributed by atoms with Gasteiger partial charge in [-0.15, -0.1) is 11.3 Å². The van der Waals surface area contributed by atoms with Crippen molar-refractivity contribution in [3.05, 3.63) is 58.3 Å². The number of likely N-dealkylation sites (tertiary alicyclic amines) is 2. The molecule has 0 spiro atoms. The van der Waals surface area contributed by atoms with Gasteiger partial charge >= 0.3 is 0 Å². The predicted molar refractivity (Wildman–Crippen MR) is 112 cm³/mol. The minimum atomic E-state index is -0.361. The summed E-state index contributed by atoms with van der Waals surface area (Å²) in [4.78, 5) is 42.4. The summed E-state index contributed by atoms with van der Waals surface area (Å²) in [7, 11) is 0. The third-order valence-corrected chi connectivity index (χ3v) is 6.57. The summed E-state index contributed by atoms with van der Waals surface area (Å²) in [6.07, 6.45) is 3.05. The van der Waals surface area contributed by atoms with E-state index in [0.717, 1.165) is 25.7 Å². The summed E-state index contributed by atoms with van der Waals surface area (Å²) in [5.41, 5.74) is 0.652. The molecule has 4 rings (SSSR count). The van der Waals surface area contributed by atoms with Gasteiger partial charge in [0.05, 0.1) is 4.88 Å². The van der Waals surface area contributed by atoms with Gasteiger partial charge in [0.2, 0.25) is 5.91 Å². The fourth-order valence-electron chi connectivity index (χ4n) is 4.12. The van der Waals surface area contributed by atoms with E-state index in [1.54, 1.807) is 17.0 Å². The van der Waals surface area contributed by atoms with E-state index in [4.69, 9.17) is 0 Å². The van der Waals surface area contributed by atoms with Crippen molar-refractivity contribution in [3.63, 3.8) is 0 Å². The van der Waals surface area contributed by atoms with E-state index in [1.807, 2.05) is 40.6 Å². The van der Waals surface area contributed by atoms with Crippen LogP contribution in [0.1, 0.15) is 45.7 Å². The molecule has 2 aliphatic heterocycles. The summed E-state index contributed by atoms with van der Waals surface area (Å²) in [6.45, 7) is 1.85. The summed E-state index contributed by atoms with van der Waals surface area (Å²) in [5, 5.41) is 4.95. The van der Waals surface area contributed by atoms with Crippen molar-refractivity contribution in [2.45, 2.75) is 37.8 Å². The predicted octanol–water partition coefficient (Wildman–Crippen LogP) is 2.77. The average molecular weight is 412 g/mol. The van der Waals surface area contributed by atoms with E-state index in [2.05, 4.69) is 5.32 Å². The third kappa shape index (κ3) is 4.34. The zero-order valence-corrected chi connectivity index (χ0v) is 17.1. The molecule has 1 N–H and O–H groups in total. The van der Waals surface area contributed by atoms with Gasteiger partial charge in [0.25, 0.3) is 11.8 Å². The van der Waals surface area contributed by atoms with Crippen LogP contribution in [0.2, 0.25) is 0 Å². The molecular weight excluding hydrogens is 386 g/mol. The van der Waals surface area contributed by atoms with Crippen LogP contribution in [0, 0.1) is 0 Å². The first kappa shape index (κ1) is 19.6. The van der Waals surface area contributed by atoms with Crippen LogP contribution in [0.4, 0.5) is 0 Å². The van der Waals surface area contributed by atoms with Crippen LogP contribution in [0.3, 0.4) is 0 Å². The van der Waals surface area contributed by atoms with Gasteiger partial charge in [0, 0.05) is 31.2 Å². The zero-order chi connectivity index (χ0) is 20.2. The minimum Gasteiger partial charge on any atom is -0.349 e. The highest BCUT2D eigenvalue weighted by Gasteiger charge is 2.38. The Balaban J connectivity index is 1.32. The molecule has 0 radical (unpaired) electrons. The second-order valence-electron chi connectivity index (χ2n) is 7.57. The monoisotopic (exact) mass is 411 g/mol. The number of nitrogens with one attached hydrogen (secondary N) is 1. The van der Waals surface area contributed by atoms with Crippen molar-refractivity contribution in [2.24, 2.45) is 0 Å². The molecule has 1 aromatic heterocycles.